The van der Waals surface area contributed by atoms with Gasteiger partial charge in [-0.2, -0.15) is 0 Å². The first-order valence-corrected chi connectivity index (χ1v) is 46.5. The molecule has 41 nitrogen and oxygen atoms in total. The molecule has 606 valence electrons. The molecule has 6 heterocycles. The maximum atomic E-state index is 14.6. The van der Waals surface area contributed by atoms with Crippen molar-refractivity contribution >= 4 is 180 Å². The zero-order valence-electron chi connectivity index (χ0n) is 61.3. The van der Waals surface area contributed by atoms with E-state index in [1.165, 1.54) is 44.9 Å². The average Bonchev–Trinajstić information content (AvgIpc) is 1.66. The molecule has 6 aromatic heterocycles. The van der Waals surface area contributed by atoms with Crippen LogP contribution in [0.4, 0.5) is 17.5 Å². The molecule has 50 heteroatoms. The number of anilines is 3. The van der Waals surface area contributed by atoms with Crippen LogP contribution in [0.25, 0.3) is 33.5 Å². The van der Waals surface area contributed by atoms with Crippen LogP contribution in [0.1, 0.15) is 69.2 Å². The molecule has 12 atom stereocenters. The Bertz CT molecular complexity index is 4180. The number of ether oxygens (including phenoxy) is 3. The summed E-state index contributed by atoms with van der Waals surface area (Å²) in [4.78, 5) is 166. The first kappa shape index (κ1) is 91.6. The van der Waals surface area contributed by atoms with Crippen molar-refractivity contribution in [2.45, 2.75) is 143 Å². The number of primary amides is 1. The van der Waals surface area contributed by atoms with Crippen LogP contribution in [0.5, 0.6) is 0 Å². The first-order valence-electron chi connectivity index (χ1n) is 33.7. The van der Waals surface area contributed by atoms with E-state index in [4.69, 9.17) is 50.7 Å². The zero-order chi connectivity index (χ0) is 80.3. The highest BCUT2D eigenvalue weighted by atomic mass is 33.1. The maximum Gasteiger partial charge on any atom is 0.353 e. The number of rotatable bonds is 51. The molecule has 0 aliphatic heterocycles. The van der Waals surface area contributed by atoms with Crippen molar-refractivity contribution in [3.05, 3.63) is 38.0 Å². The summed E-state index contributed by atoms with van der Waals surface area (Å²) in [5.74, 6) is -6.99. The predicted molar refractivity (Wildman–Crippen MR) is 418 cm³/mol. The fourth-order valence-corrected chi connectivity index (χ4v) is 18.7. The third-order valence-corrected chi connectivity index (χ3v) is 25.6. The SMILES string of the molecule is CC(=O)N[C@H](C(=O)N[C@@H](CSSCCOP(=O)(O)CO[C@@H](C)Cn1cnc2c(N)ncnc21)C(=O)N[C@H](C(=O)N[C@@H](CSSCCOP(=O)(O)CO[C@@H](C)Cn1cnc2c(N)ncnc21)C(=O)NC(C(=O)N[C@@H](CSSCCOP(=O)(O)CO[C@@H](C)Cn1cnc2c(N)ncnc21)C(N)=O)C(C)C)C(C)C)C(C)C. The number of nitrogen functional groups attached to an aromatic ring is 3. The molecular weight excluding hydrogens is 1610 g/mol. The van der Waals surface area contributed by atoms with E-state index in [0.717, 1.165) is 64.8 Å². The van der Waals surface area contributed by atoms with Crippen molar-refractivity contribution in [1.29, 1.82) is 0 Å². The van der Waals surface area contributed by atoms with Crippen molar-refractivity contribution in [3.8, 4) is 0 Å². The largest absolute Gasteiger partial charge is 0.382 e. The number of aromatic nitrogens is 12. The summed E-state index contributed by atoms with van der Waals surface area (Å²) in [7, 11) is -6.24. The fourth-order valence-electron chi connectivity index (χ4n) is 9.71. The number of carbonyl (C=O) groups is 7. The van der Waals surface area contributed by atoms with Crippen LogP contribution >= 0.6 is 87.6 Å². The molecule has 0 aromatic carbocycles. The first-order chi connectivity index (χ1) is 51.4. The molecule has 6 aromatic rings. The van der Waals surface area contributed by atoms with Crippen LogP contribution < -0.4 is 54.8 Å². The summed E-state index contributed by atoms with van der Waals surface area (Å²) in [5.41, 5.74) is 25.9. The van der Waals surface area contributed by atoms with Gasteiger partial charge in [0.25, 0.3) is 0 Å². The van der Waals surface area contributed by atoms with Gasteiger partial charge in [-0.1, -0.05) is 106 Å². The molecular formula is C59H95N22O19P3S6. The van der Waals surface area contributed by atoms with Crippen LogP contribution in [0, 0.1) is 17.8 Å². The molecule has 0 saturated heterocycles. The number of hydrogen-bond donors (Lipinski definition) is 13. The van der Waals surface area contributed by atoms with E-state index in [0.29, 0.717) is 33.5 Å². The Balaban J connectivity index is 1.07. The van der Waals surface area contributed by atoms with E-state index in [1.54, 1.807) is 76.0 Å². The molecule has 6 rings (SSSR count). The minimum Gasteiger partial charge on any atom is -0.382 e. The van der Waals surface area contributed by atoms with Crippen LogP contribution in [0.2, 0.25) is 0 Å². The monoisotopic (exact) mass is 1700 g/mol. The summed E-state index contributed by atoms with van der Waals surface area (Å²) in [6.45, 7) is 16.0. The smallest absolute Gasteiger partial charge is 0.353 e. The van der Waals surface area contributed by atoms with Gasteiger partial charge in [-0.05, 0) is 38.5 Å². The molecule has 4 unspecified atom stereocenters. The Morgan fingerprint density at radius 3 is 0.991 bits per heavy atom. The normalized spacial score (nSPS) is 16.1. The minimum atomic E-state index is -4.33. The molecule has 0 saturated carbocycles. The van der Waals surface area contributed by atoms with Gasteiger partial charge in [0.15, 0.2) is 34.4 Å². The number of fused-ring (bicyclic) bond motifs is 3. The molecule has 0 spiro atoms. The van der Waals surface area contributed by atoms with Gasteiger partial charge in [-0.15, -0.1) is 0 Å². The highest BCUT2D eigenvalue weighted by Gasteiger charge is 2.37. The highest BCUT2D eigenvalue weighted by molar-refractivity contribution is 8.77. The topological polar surface area (TPSA) is 594 Å². The number of nitrogens with zero attached hydrogens (tertiary/aromatic N) is 12. The van der Waals surface area contributed by atoms with Gasteiger partial charge in [-0.25, -0.2) is 44.9 Å². The number of nitrogens with two attached hydrogens (primary N) is 4. The lowest BCUT2D eigenvalue weighted by molar-refractivity contribution is -0.135. The third kappa shape index (κ3) is 30.3. The van der Waals surface area contributed by atoms with E-state index in [1.807, 2.05) is 0 Å². The maximum absolute atomic E-state index is 14.6. The molecule has 0 radical (unpaired) electrons. The standard InChI is InChI=1S/C59H95N22O19P3S6/c1-32(2)42(73-38(10)82)57(86)75-40(21-108-105-15-12-99-102(91,92)30-96-36(8)18-80-27-71-46-49(61)65-24-68-53(46)80)55(84)78-44(34(5)6)59(88)76-41(22-109-106-16-13-100-103(93,94)31-97-37(9)19-81-28-72-47-50(62)66-25-69-54(47)81)56(85)77-43(33(3)4)58(87)74-39(51(63)83)20-107-104-14-11-98-101(89,90)29-95-35(7)17-79-26-70-45-48(60)64-23-67-52(45)79/h23-28,32-37,39-44H,11-22,29-31H2,1-10H3,(H2,63,83)(H,73,82)(H,74,87)(H,75,86)(H,76,88)(H,77,85)(H,78,84)(H,89,90)(H,91,92)(H,93,94)(H2,60,64,67)(H2,61,65,68)(H2,62,66,69)/t35-,36-,37-,39-,40-,41-,42-,43?,44-/m0/s1. The van der Waals surface area contributed by atoms with Gasteiger partial charge in [0.1, 0.15) is 90.8 Å². The summed E-state index contributed by atoms with van der Waals surface area (Å²) in [5, 5.41) is 15.9. The van der Waals surface area contributed by atoms with Gasteiger partial charge in [0.05, 0.1) is 76.7 Å². The molecule has 17 N–H and O–H groups in total. The molecule has 7 amide bonds. The number of nitrogens with one attached hydrogen (secondary N) is 6. The molecule has 109 heavy (non-hydrogen) atoms. The summed E-state index contributed by atoms with van der Waals surface area (Å²) < 4.78 is 76.8. The summed E-state index contributed by atoms with van der Waals surface area (Å²) in [6.07, 6.45) is 4.63. The molecule has 0 bridgehead atoms. The van der Waals surface area contributed by atoms with Crippen molar-refractivity contribution in [1.82, 2.24) is 90.5 Å². The van der Waals surface area contributed by atoms with Gasteiger partial charge >= 0.3 is 22.8 Å². The van der Waals surface area contributed by atoms with Crippen LogP contribution in [-0.2, 0) is 94.7 Å². The Labute approximate surface area is 651 Å². The van der Waals surface area contributed by atoms with Gasteiger partial charge < -0.3 is 111 Å². The minimum absolute atomic E-state index is 0.0678. The van der Waals surface area contributed by atoms with E-state index < -0.39 is 155 Å². The van der Waals surface area contributed by atoms with Crippen molar-refractivity contribution in [3.63, 3.8) is 0 Å². The van der Waals surface area contributed by atoms with E-state index in [-0.39, 0.29) is 91.4 Å². The fraction of sp³-hybridized carbons (Fsp3) is 0.627. The Hall–Kier alpha value is -6.23. The Morgan fingerprint density at radius 2 is 0.706 bits per heavy atom. The Morgan fingerprint density at radius 1 is 0.422 bits per heavy atom. The molecule has 0 fully saturated rings. The number of amides is 7. The van der Waals surface area contributed by atoms with Crippen molar-refractivity contribution in [2.24, 2.45) is 23.5 Å². The predicted octanol–water partition coefficient (Wildman–Crippen LogP) is 2.47. The Kier molecular flexibility index (Phi) is 37.2. The van der Waals surface area contributed by atoms with Crippen LogP contribution in [-0.4, -0.2) is 243 Å². The van der Waals surface area contributed by atoms with Crippen molar-refractivity contribution in [2.75, 3.05) is 90.6 Å². The average molecular weight is 1700 g/mol. The zero-order valence-corrected chi connectivity index (χ0v) is 68.9. The van der Waals surface area contributed by atoms with Crippen LogP contribution in [0.3, 0.4) is 0 Å². The summed E-state index contributed by atoms with van der Waals surface area (Å²) >= 11 is 0. The van der Waals surface area contributed by atoms with Gasteiger partial charge in [0.2, 0.25) is 41.4 Å². The van der Waals surface area contributed by atoms with Crippen LogP contribution in [0.15, 0.2) is 38.0 Å². The van der Waals surface area contributed by atoms with E-state index >= 15 is 0 Å². The quantitative estimate of drug-likeness (QED) is 0.0148. The van der Waals surface area contributed by atoms with Gasteiger partial charge in [0, 0.05) is 41.4 Å². The third-order valence-electron chi connectivity index (χ3n) is 15.3. The number of carbonyl (C=O) groups excluding carboxylic acids is 7. The lowest BCUT2D eigenvalue weighted by Crippen LogP contribution is -2.62. The van der Waals surface area contributed by atoms with E-state index in [9.17, 15) is 61.9 Å². The lowest BCUT2D eigenvalue weighted by Gasteiger charge is -2.29. The number of hydrogen-bond acceptors (Lipinski definition) is 34. The number of imidazole rings is 3. The lowest BCUT2D eigenvalue weighted by atomic mass is 10.0. The second kappa shape index (κ2) is 44.3. The molecule has 0 aliphatic carbocycles. The summed E-state index contributed by atoms with van der Waals surface area (Å²) in [6, 6.07) is -8.01. The second-order valence-corrected chi connectivity index (χ2v) is 38.8. The second-order valence-electron chi connectivity index (χ2n) is 25.5. The van der Waals surface area contributed by atoms with Crippen molar-refractivity contribution < 1.29 is 89.7 Å². The highest BCUT2D eigenvalue weighted by Crippen LogP contribution is 2.45. The molecule has 0 aliphatic rings. The van der Waals surface area contributed by atoms with E-state index in [2.05, 4.69) is 76.8 Å². The van der Waals surface area contributed by atoms with Gasteiger partial charge in [-0.3, -0.25) is 47.3 Å².